The monoisotopic (exact) mass is 301 g/mol. The van der Waals surface area contributed by atoms with Gasteiger partial charge in [-0.25, -0.2) is 4.79 Å². The Labute approximate surface area is 117 Å². The van der Waals surface area contributed by atoms with Crippen LogP contribution < -0.4 is 0 Å². The first-order valence-corrected chi connectivity index (χ1v) is 6.56. The molecule has 20 heavy (non-hydrogen) atoms. The van der Waals surface area contributed by atoms with E-state index in [1.807, 2.05) is 0 Å². The van der Waals surface area contributed by atoms with E-state index in [-0.39, 0.29) is 12.2 Å². The van der Waals surface area contributed by atoms with Gasteiger partial charge in [0.05, 0.1) is 23.4 Å². The first kappa shape index (κ1) is 14.5. The van der Waals surface area contributed by atoms with E-state index in [1.54, 1.807) is 6.92 Å². The molecule has 1 heterocycles. The van der Waals surface area contributed by atoms with Crippen molar-refractivity contribution in [2.45, 2.75) is 13.1 Å². The van der Waals surface area contributed by atoms with Crippen LogP contribution in [0.15, 0.2) is 29.6 Å². The summed E-state index contributed by atoms with van der Waals surface area (Å²) in [7, 11) is 0. The van der Waals surface area contributed by atoms with Crippen LogP contribution >= 0.6 is 11.5 Å². The summed E-state index contributed by atoms with van der Waals surface area (Å²) in [4.78, 5) is 11.7. The van der Waals surface area contributed by atoms with Crippen LogP contribution in [0.2, 0.25) is 0 Å². The Balaban J connectivity index is 2.33. The molecule has 0 aliphatic carbocycles. The van der Waals surface area contributed by atoms with Crippen molar-refractivity contribution in [1.82, 2.24) is 4.37 Å². The molecule has 0 aliphatic rings. The number of rotatable bonds is 3. The fourth-order valence-corrected chi connectivity index (χ4v) is 2.29. The highest BCUT2D eigenvalue weighted by Crippen LogP contribution is 2.32. The molecule has 0 amide bonds. The number of carbonyl (C=O) groups is 1. The van der Waals surface area contributed by atoms with Crippen molar-refractivity contribution in [3.05, 3.63) is 40.8 Å². The molecule has 0 unspecified atom stereocenters. The fourth-order valence-electron chi connectivity index (χ4n) is 1.62. The zero-order valence-corrected chi connectivity index (χ0v) is 11.2. The van der Waals surface area contributed by atoms with Crippen LogP contribution in [-0.2, 0) is 10.9 Å². The van der Waals surface area contributed by atoms with E-state index in [9.17, 15) is 18.0 Å². The smallest absolute Gasteiger partial charge is 0.416 e. The van der Waals surface area contributed by atoms with Crippen LogP contribution in [0, 0.1) is 0 Å². The lowest BCUT2D eigenvalue weighted by atomic mass is 10.1. The molecule has 2 rings (SSSR count). The maximum atomic E-state index is 12.5. The highest BCUT2D eigenvalue weighted by Gasteiger charge is 2.30. The van der Waals surface area contributed by atoms with Crippen LogP contribution in [0.1, 0.15) is 22.8 Å². The summed E-state index contributed by atoms with van der Waals surface area (Å²) < 4.78 is 46.4. The van der Waals surface area contributed by atoms with Crippen molar-refractivity contribution < 1.29 is 22.7 Å². The summed E-state index contributed by atoms with van der Waals surface area (Å²) in [5, 5.41) is 1.52. The Kier molecular flexibility index (Phi) is 4.08. The number of hydrogen-bond acceptors (Lipinski definition) is 4. The standard InChI is InChI=1S/C13H10F3NO2S/c1-2-19-12(18)10-7-20-17-11(10)8-3-5-9(6-4-8)13(14,15)16/h3-7H,2H2,1H3. The molecular weight excluding hydrogens is 291 g/mol. The maximum absolute atomic E-state index is 12.5. The van der Waals surface area contributed by atoms with E-state index >= 15 is 0 Å². The SMILES string of the molecule is CCOC(=O)c1csnc1-c1ccc(C(F)(F)F)cc1. The summed E-state index contributed by atoms with van der Waals surface area (Å²) >= 11 is 1.05. The number of ether oxygens (including phenoxy) is 1. The van der Waals surface area contributed by atoms with Gasteiger partial charge in [0.15, 0.2) is 0 Å². The van der Waals surface area contributed by atoms with E-state index in [1.165, 1.54) is 17.5 Å². The van der Waals surface area contributed by atoms with Crippen LogP contribution in [0.4, 0.5) is 13.2 Å². The molecule has 1 aromatic heterocycles. The zero-order chi connectivity index (χ0) is 14.8. The Morgan fingerprint density at radius 2 is 1.95 bits per heavy atom. The Bertz CT molecular complexity index is 605. The minimum Gasteiger partial charge on any atom is -0.462 e. The molecule has 1 aromatic carbocycles. The maximum Gasteiger partial charge on any atom is 0.416 e. The molecular formula is C13H10F3NO2S. The van der Waals surface area contributed by atoms with Crippen molar-refractivity contribution >= 4 is 17.5 Å². The van der Waals surface area contributed by atoms with Crippen molar-refractivity contribution in [1.29, 1.82) is 0 Å². The molecule has 0 radical (unpaired) electrons. The van der Waals surface area contributed by atoms with Gasteiger partial charge in [-0.3, -0.25) is 0 Å². The van der Waals surface area contributed by atoms with Crippen molar-refractivity contribution in [2.24, 2.45) is 0 Å². The van der Waals surface area contributed by atoms with E-state index in [0.717, 1.165) is 23.7 Å². The normalized spacial score (nSPS) is 11.4. The summed E-state index contributed by atoms with van der Waals surface area (Å²) in [6, 6.07) is 4.51. The number of benzene rings is 1. The van der Waals surface area contributed by atoms with Gasteiger partial charge >= 0.3 is 12.1 Å². The fraction of sp³-hybridized carbons (Fsp3) is 0.231. The molecule has 106 valence electrons. The number of hydrogen-bond donors (Lipinski definition) is 0. The third-order valence-corrected chi connectivity index (χ3v) is 3.18. The summed E-state index contributed by atoms with van der Waals surface area (Å²) in [5.74, 6) is -0.531. The van der Waals surface area contributed by atoms with Crippen LogP contribution in [-0.4, -0.2) is 16.9 Å². The topological polar surface area (TPSA) is 39.2 Å². The number of alkyl halides is 3. The highest BCUT2D eigenvalue weighted by atomic mass is 32.1. The van der Waals surface area contributed by atoms with Crippen LogP contribution in [0.3, 0.4) is 0 Å². The van der Waals surface area contributed by atoms with Gasteiger partial charge in [0.25, 0.3) is 0 Å². The molecule has 0 atom stereocenters. The summed E-state index contributed by atoms with van der Waals surface area (Å²) in [6.45, 7) is 1.90. The zero-order valence-electron chi connectivity index (χ0n) is 10.4. The largest absolute Gasteiger partial charge is 0.462 e. The number of halogens is 3. The minimum absolute atomic E-state index is 0.223. The number of nitrogens with zero attached hydrogens (tertiary/aromatic N) is 1. The minimum atomic E-state index is -4.38. The van der Waals surface area contributed by atoms with Crippen molar-refractivity contribution in [3.63, 3.8) is 0 Å². The second-order valence-electron chi connectivity index (χ2n) is 3.87. The molecule has 0 saturated carbocycles. The Morgan fingerprint density at radius 3 is 2.50 bits per heavy atom. The van der Waals surface area contributed by atoms with Gasteiger partial charge in [-0.1, -0.05) is 12.1 Å². The van der Waals surface area contributed by atoms with Gasteiger partial charge in [0, 0.05) is 10.9 Å². The first-order valence-electron chi connectivity index (χ1n) is 5.72. The van der Waals surface area contributed by atoms with Gasteiger partial charge in [0.2, 0.25) is 0 Å². The number of aromatic nitrogens is 1. The molecule has 0 spiro atoms. The molecule has 0 bridgehead atoms. The van der Waals surface area contributed by atoms with E-state index in [4.69, 9.17) is 4.74 Å². The van der Waals surface area contributed by atoms with Crippen LogP contribution in [0.25, 0.3) is 11.3 Å². The first-order chi connectivity index (χ1) is 9.43. The number of carbonyl (C=O) groups excluding carboxylic acids is 1. The average molecular weight is 301 g/mol. The third kappa shape index (κ3) is 2.98. The van der Waals surface area contributed by atoms with E-state index < -0.39 is 17.7 Å². The number of esters is 1. The van der Waals surface area contributed by atoms with Crippen LogP contribution in [0.5, 0.6) is 0 Å². The third-order valence-electron chi connectivity index (χ3n) is 2.55. The predicted octanol–water partition coefficient (Wildman–Crippen LogP) is 4.01. The molecule has 3 nitrogen and oxygen atoms in total. The second-order valence-corrected chi connectivity index (χ2v) is 4.50. The molecule has 7 heteroatoms. The van der Waals surface area contributed by atoms with Gasteiger partial charge in [-0.2, -0.15) is 17.5 Å². The molecule has 0 fully saturated rings. The summed E-state index contributed by atoms with van der Waals surface area (Å²) in [6.07, 6.45) is -4.38. The molecule has 0 saturated heterocycles. The van der Waals surface area contributed by atoms with Crippen molar-refractivity contribution in [2.75, 3.05) is 6.61 Å². The molecule has 0 aliphatic heterocycles. The Hall–Kier alpha value is -1.89. The van der Waals surface area contributed by atoms with Crippen molar-refractivity contribution in [3.8, 4) is 11.3 Å². The lowest BCUT2D eigenvalue weighted by molar-refractivity contribution is -0.137. The lowest BCUT2D eigenvalue weighted by Gasteiger charge is -2.07. The average Bonchev–Trinajstić information content (AvgIpc) is 2.87. The van der Waals surface area contributed by atoms with Gasteiger partial charge < -0.3 is 4.74 Å². The van der Waals surface area contributed by atoms with Gasteiger partial charge in [-0.15, -0.1) is 0 Å². The Morgan fingerprint density at radius 1 is 1.30 bits per heavy atom. The summed E-state index contributed by atoms with van der Waals surface area (Å²) in [5.41, 5.74) is 0.301. The molecule has 2 aromatic rings. The van der Waals surface area contributed by atoms with E-state index in [2.05, 4.69) is 4.37 Å². The van der Waals surface area contributed by atoms with Gasteiger partial charge in [-0.05, 0) is 30.6 Å². The van der Waals surface area contributed by atoms with Gasteiger partial charge in [0.1, 0.15) is 0 Å². The molecule has 0 N–H and O–H groups in total. The predicted molar refractivity (Wildman–Crippen MR) is 68.5 cm³/mol. The van der Waals surface area contributed by atoms with E-state index in [0.29, 0.717) is 11.3 Å². The lowest BCUT2D eigenvalue weighted by Crippen LogP contribution is -2.06. The quantitative estimate of drug-likeness (QED) is 0.804. The second kappa shape index (κ2) is 5.62. The highest BCUT2D eigenvalue weighted by molar-refractivity contribution is 7.04.